The Morgan fingerprint density at radius 1 is 1.29 bits per heavy atom. The Morgan fingerprint density at radius 2 is 1.95 bits per heavy atom. The van der Waals surface area contributed by atoms with Crippen molar-refractivity contribution >= 4 is 21.6 Å². The van der Waals surface area contributed by atoms with Gasteiger partial charge in [0.05, 0.1) is 11.9 Å². The van der Waals surface area contributed by atoms with Crippen molar-refractivity contribution in [2.24, 2.45) is 5.92 Å². The molecule has 0 aliphatic heterocycles. The molecular formula is C15H19BrN4O. The van der Waals surface area contributed by atoms with Crippen molar-refractivity contribution in [3.63, 3.8) is 0 Å². The molecule has 2 heterocycles. The molecule has 1 atom stereocenters. The summed E-state index contributed by atoms with van der Waals surface area (Å²) in [4.78, 5) is 16.2. The third-order valence-corrected chi connectivity index (χ3v) is 3.87. The number of hydrogen-bond acceptors (Lipinski definition) is 4. The Morgan fingerprint density at radius 3 is 2.57 bits per heavy atom. The fourth-order valence-electron chi connectivity index (χ4n) is 2.01. The Hall–Kier alpha value is -1.69. The number of nitrogens with one attached hydrogen (secondary N) is 1. The summed E-state index contributed by atoms with van der Waals surface area (Å²) in [7, 11) is 0. The van der Waals surface area contributed by atoms with Gasteiger partial charge in [0.1, 0.15) is 4.47 Å². The van der Waals surface area contributed by atoms with E-state index in [0.717, 1.165) is 5.56 Å². The van der Waals surface area contributed by atoms with Gasteiger partial charge >= 0.3 is 0 Å². The zero-order chi connectivity index (χ0) is 15.4. The summed E-state index contributed by atoms with van der Waals surface area (Å²) in [6, 6.07) is 3.95. The maximum absolute atomic E-state index is 12.2. The van der Waals surface area contributed by atoms with Gasteiger partial charge in [-0.1, -0.05) is 13.8 Å². The van der Waals surface area contributed by atoms with Crippen LogP contribution in [0.3, 0.4) is 0 Å². The number of nitrogens with zero attached hydrogens (tertiary/aromatic N) is 3. The predicted octanol–water partition coefficient (Wildman–Crippen LogP) is 3.23. The van der Waals surface area contributed by atoms with Crippen LogP contribution in [-0.4, -0.2) is 14.8 Å². The zero-order valence-corrected chi connectivity index (χ0v) is 14.0. The van der Waals surface area contributed by atoms with Crippen LogP contribution in [0, 0.1) is 5.92 Å². The average Bonchev–Trinajstić information content (AvgIpc) is 2.47. The van der Waals surface area contributed by atoms with E-state index in [1.54, 1.807) is 18.6 Å². The van der Waals surface area contributed by atoms with Crippen LogP contribution in [0.15, 0.2) is 40.0 Å². The van der Waals surface area contributed by atoms with Crippen LogP contribution < -0.4 is 10.9 Å². The smallest absolute Gasteiger partial charge is 0.283 e. The number of anilines is 1. The second kappa shape index (κ2) is 6.85. The number of aromatic nitrogens is 3. The van der Waals surface area contributed by atoms with Gasteiger partial charge in [0.15, 0.2) is 0 Å². The van der Waals surface area contributed by atoms with E-state index in [1.807, 2.05) is 19.1 Å². The van der Waals surface area contributed by atoms with Gasteiger partial charge < -0.3 is 5.32 Å². The highest BCUT2D eigenvalue weighted by Crippen LogP contribution is 2.22. The fourth-order valence-corrected chi connectivity index (χ4v) is 2.43. The Bertz CT molecular complexity index is 654. The number of pyridine rings is 1. The lowest BCUT2D eigenvalue weighted by Gasteiger charge is -2.17. The van der Waals surface area contributed by atoms with Crippen molar-refractivity contribution in [2.75, 3.05) is 5.32 Å². The van der Waals surface area contributed by atoms with Crippen molar-refractivity contribution in [3.05, 3.63) is 51.1 Å². The number of halogens is 1. The highest BCUT2D eigenvalue weighted by Gasteiger charge is 2.12. The van der Waals surface area contributed by atoms with Crippen molar-refractivity contribution in [2.45, 2.75) is 33.4 Å². The molecule has 0 saturated carbocycles. The van der Waals surface area contributed by atoms with Crippen LogP contribution in [0.25, 0.3) is 0 Å². The molecule has 0 amide bonds. The van der Waals surface area contributed by atoms with E-state index in [-0.39, 0.29) is 11.6 Å². The van der Waals surface area contributed by atoms with E-state index < -0.39 is 0 Å². The Kier molecular flexibility index (Phi) is 5.12. The third kappa shape index (κ3) is 3.91. The monoisotopic (exact) mass is 350 g/mol. The van der Waals surface area contributed by atoms with Gasteiger partial charge in [-0.2, -0.15) is 5.10 Å². The molecule has 0 radical (unpaired) electrons. The molecule has 0 bridgehead atoms. The van der Waals surface area contributed by atoms with Crippen LogP contribution in [0.4, 0.5) is 5.69 Å². The molecule has 0 fully saturated rings. The molecule has 5 nitrogen and oxygen atoms in total. The largest absolute Gasteiger partial charge is 0.376 e. The van der Waals surface area contributed by atoms with Crippen molar-refractivity contribution < 1.29 is 0 Å². The second-order valence-electron chi connectivity index (χ2n) is 5.40. The summed E-state index contributed by atoms with van der Waals surface area (Å²) < 4.78 is 2.00. The molecule has 0 aromatic carbocycles. The Balaban J connectivity index is 2.22. The first-order valence-corrected chi connectivity index (χ1v) is 7.70. The summed E-state index contributed by atoms with van der Waals surface area (Å²) in [5.41, 5.74) is 1.68. The van der Waals surface area contributed by atoms with Gasteiger partial charge in [0.2, 0.25) is 0 Å². The van der Waals surface area contributed by atoms with Crippen LogP contribution in [0.1, 0.15) is 32.4 Å². The minimum atomic E-state index is -0.115. The number of hydrogen-bond donors (Lipinski definition) is 1. The van der Waals surface area contributed by atoms with Gasteiger partial charge in [-0.15, -0.1) is 0 Å². The van der Waals surface area contributed by atoms with Crippen LogP contribution in [0.2, 0.25) is 0 Å². The Labute approximate surface area is 132 Å². The van der Waals surface area contributed by atoms with Gasteiger partial charge in [-0.3, -0.25) is 9.78 Å². The lowest BCUT2D eigenvalue weighted by atomic mass is 10.1. The molecule has 2 aromatic rings. The maximum atomic E-state index is 12.2. The fraction of sp³-hybridized carbons (Fsp3) is 0.400. The van der Waals surface area contributed by atoms with E-state index in [1.165, 1.54) is 4.68 Å². The van der Waals surface area contributed by atoms with Gasteiger partial charge in [-0.05, 0) is 46.5 Å². The highest BCUT2D eigenvalue weighted by atomic mass is 79.9. The molecule has 112 valence electrons. The van der Waals surface area contributed by atoms with Gasteiger partial charge in [-0.25, -0.2) is 4.68 Å². The minimum Gasteiger partial charge on any atom is -0.376 e. The molecule has 0 aliphatic rings. The third-order valence-electron chi connectivity index (χ3n) is 3.10. The summed E-state index contributed by atoms with van der Waals surface area (Å²) in [6.45, 7) is 6.75. The summed E-state index contributed by atoms with van der Waals surface area (Å²) >= 11 is 3.37. The first kappa shape index (κ1) is 15.7. The molecule has 21 heavy (non-hydrogen) atoms. The summed E-state index contributed by atoms with van der Waals surface area (Å²) in [5, 5.41) is 7.52. The van der Waals surface area contributed by atoms with E-state index in [4.69, 9.17) is 0 Å². The first-order chi connectivity index (χ1) is 9.99. The quantitative estimate of drug-likeness (QED) is 0.899. The van der Waals surface area contributed by atoms with Crippen LogP contribution >= 0.6 is 15.9 Å². The predicted molar refractivity (Wildman–Crippen MR) is 87.3 cm³/mol. The molecule has 1 unspecified atom stereocenters. The molecule has 0 saturated heterocycles. The molecule has 2 aromatic heterocycles. The highest BCUT2D eigenvalue weighted by molar-refractivity contribution is 9.10. The number of rotatable bonds is 5. The molecule has 0 aliphatic carbocycles. The van der Waals surface area contributed by atoms with Gasteiger partial charge in [0.25, 0.3) is 5.56 Å². The van der Waals surface area contributed by atoms with Crippen molar-refractivity contribution in [1.82, 2.24) is 14.8 Å². The normalized spacial score (nSPS) is 12.4. The molecule has 2 rings (SSSR count). The lowest BCUT2D eigenvalue weighted by molar-refractivity contribution is 0.462. The lowest BCUT2D eigenvalue weighted by Crippen LogP contribution is -2.26. The zero-order valence-electron chi connectivity index (χ0n) is 12.4. The molecule has 1 N–H and O–H groups in total. The van der Waals surface area contributed by atoms with Crippen molar-refractivity contribution in [3.8, 4) is 0 Å². The molecular weight excluding hydrogens is 332 g/mol. The van der Waals surface area contributed by atoms with E-state index >= 15 is 0 Å². The summed E-state index contributed by atoms with van der Waals surface area (Å²) in [5.74, 6) is 0.372. The SMILES string of the molecule is CC(C)Cn1ncc(NC(C)c2ccncc2)c(Br)c1=O. The van der Waals surface area contributed by atoms with E-state index in [2.05, 4.69) is 45.2 Å². The minimum absolute atomic E-state index is 0.0615. The van der Waals surface area contributed by atoms with Crippen LogP contribution in [-0.2, 0) is 6.54 Å². The summed E-state index contributed by atoms with van der Waals surface area (Å²) in [6.07, 6.45) is 5.19. The van der Waals surface area contributed by atoms with Crippen molar-refractivity contribution in [1.29, 1.82) is 0 Å². The average molecular weight is 351 g/mol. The second-order valence-corrected chi connectivity index (χ2v) is 6.19. The van der Waals surface area contributed by atoms with Crippen LogP contribution in [0.5, 0.6) is 0 Å². The van der Waals surface area contributed by atoms with E-state index in [9.17, 15) is 4.79 Å². The van der Waals surface area contributed by atoms with Gasteiger partial charge in [0, 0.05) is 25.0 Å². The first-order valence-electron chi connectivity index (χ1n) is 6.91. The molecule has 6 heteroatoms. The molecule has 0 spiro atoms. The van der Waals surface area contributed by atoms with E-state index in [0.29, 0.717) is 22.6 Å². The maximum Gasteiger partial charge on any atom is 0.283 e. The standard InChI is InChI=1S/C15H19BrN4O/c1-10(2)9-20-15(21)14(16)13(8-18-20)19-11(3)12-4-6-17-7-5-12/h4-8,10-11,19H,9H2,1-3H3. The topological polar surface area (TPSA) is 59.8 Å².